The molecule has 1 aromatic carbocycles. The maximum Gasteiger partial charge on any atom is 0.241 e. The van der Waals surface area contributed by atoms with Crippen LogP contribution in [0.2, 0.25) is 0 Å². The van der Waals surface area contributed by atoms with Gasteiger partial charge in [-0.25, -0.2) is 13.1 Å². The van der Waals surface area contributed by atoms with Crippen LogP contribution in [0.15, 0.2) is 4.90 Å². The summed E-state index contributed by atoms with van der Waals surface area (Å²) in [7, 11) is -3.54. The average Bonchev–Trinajstić information content (AvgIpc) is 2.33. The van der Waals surface area contributed by atoms with Crippen molar-refractivity contribution in [2.75, 3.05) is 6.54 Å². The fourth-order valence-corrected chi connectivity index (χ4v) is 3.99. The molecule has 1 atom stereocenters. The molecule has 0 heterocycles. The molecule has 2 N–H and O–H groups in total. The standard InChI is InChI=1S/C15H25NO3S/c1-9(17)7-8-16-20(18,19)15-13(5)11(3)10(2)12(4)14(15)6/h9,16-17H,7-8H2,1-6H3. The summed E-state index contributed by atoms with van der Waals surface area (Å²) >= 11 is 0. The summed E-state index contributed by atoms with van der Waals surface area (Å²) in [6.07, 6.45) is -0.109. The van der Waals surface area contributed by atoms with Crippen LogP contribution in [0.4, 0.5) is 0 Å². The van der Waals surface area contributed by atoms with Crippen LogP contribution in [-0.4, -0.2) is 26.2 Å². The minimum atomic E-state index is -3.54. The number of rotatable bonds is 5. The SMILES string of the molecule is Cc1c(C)c(C)c(S(=O)(=O)NCCC(C)O)c(C)c1C. The summed E-state index contributed by atoms with van der Waals surface area (Å²) < 4.78 is 27.5. The molecule has 4 nitrogen and oxygen atoms in total. The van der Waals surface area contributed by atoms with E-state index < -0.39 is 16.1 Å². The second kappa shape index (κ2) is 6.24. The minimum absolute atomic E-state index is 0.241. The molecule has 0 amide bonds. The Balaban J connectivity index is 3.26. The molecule has 0 saturated carbocycles. The van der Waals surface area contributed by atoms with Crippen LogP contribution in [0.5, 0.6) is 0 Å². The Bertz CT molecular complexity index is 575. The Morgan fingerprint density at radius 2 is 1.35 bits per heavy atom. The number of hydrogen-bond acceptors (Lipinski definition) is 3. The fraction of sp³-hybridized carbons (Fsp3) is 0.600. The van der Waals surface area contributed by atoms with Gasteiger partial charge >= 0.3 is 0 Å². The summed E-state index contributed by atoms with van der Waals surface area (Å²) in [5, 5.41) is 9.22. The maximum atomic E-state index is 12.5. The van der Waals surface area contributed by atoms with Gasteiger partial charge in [-0.3, -0.25) is 0 Å². The van der Waals surface area contributed by atoms with E-state index in [1.54, 1.807) is 6.92 Å². The number of sulfonamides is 1. The van der Waals surface area contributed by atoms with E-state index in [0.29, 0.717) is 11.3 Å². The normalized spacial score (nSPS) is 13.6. The molecule has 1 rings (SSSR count). The van der Waals surface area contributed by atoms with Gasteiger partial charge in [0, 0.05) is 6.54 Å². The third kappa shape index (κ3) is 3.40. The van der Waals surface area contributed by atoms with Crippen molar-refractivity contribution in [3.05, 3.63) is 27.8 Å². The zero-order chi connectivity index (χ0) is 15.7. The molecule has 0 radical (unpaired) electrons. The van der Waals surface area contributed by atoms with Crippen LogP contribution in [-0.2, 0) is 10.0 Å². The lowest BCUT2D eigenvalue weighted by atomic mass is 9.95. The van der Waals surface area contributed by atoms with Crippen molar-refractivity contribution >= 4 is 10.0 Å². The van der Waals surface area contributed by atoms with Crippen LogP contribution in [0.3, 0.4) is 0 Å². The molecule has 0 aliphatic carbocycles. The monoisotopic (exact) mass is 299 g/mol. The fourth-order valence-electron chi connectivity index (χ4n) is 2.34. The van der Waals surface area contributed by atoms with Crippen LogP contribution in [0.1, 0.15) is 41.2 Å². The quantitative estimate of drug-likeness (QED) is 0.876. The van der Waals surface area contributed by atoms with Gasteiger partial charge in [-0.15, -0.1) is 0 Å². The van der Waals surface area contributed by atoms with Crippen molar-refractivity contribution in [2.45, 2.75) is 59.0 Å². The first kappa shape index (κ1) is 17.1. The molecule has 20 heavy (non-hydrogen) atoms. The van der Waals surface area contributed by atoms with Gasteiger partial charge in [-0.2, -0.15) is 0 Å². The molecule has 1 aromatic rings. The zero-order valence-corrected chi connectivity index (χ0v) is 14.0. The second-order valence-electron chi connectivity index (χ2n) is 5.49. The third-order valence-corrected chi connectivity index (χ3v) is 5.79. The zero-order valence-electron chi connectivity index (χ0n) is 13.2. The van der Waals surface area contributed by atoms with E-state index in [4.69, 9.17) is 0 Å². The maximum absolute atomic E-state index is 12.5. The first-order chi connectivity index (χ1) is 9.09. The number of hydrogen-bond donors (Lipinski definition) is 2. The highest BCUT2D eigenvalue weighted by atomic mass is 32.2. The lowest BCUT2D eigenvalue weighted by Gasteiger charge is -2.19. The van der Waals surface area contributed by atoms with Crippen LogP contribution >= 0.6 is 0 Å². The minimum Gasteiger partial charge on any atom is -0.393 e. The summed E-state index contributed by atoms with van der Waals surface area (Å²) in [6.45, 7) is 11.5. The predicted octanol–water partition coefficient (Wildman–Crippen LogP) is 2.28. The highest BCUT2D eigenvalue weighted by Crippen LogP contribution is 2.29. The molecule has 0 bridgehead atoms. The van der Waals surface area contributed by atoms with Crippen molar-refractivity contribution in [1.29, 1.82) is 0 Å². The van der Waals surface area contributed by atoms with Crippen LogP contribution in [0.25, 0.3) is 0 Å². The Morgan fingerprint density at radius 3 is 1.75 bits per heavy atom. The Hall–Kier alpha value is -0.910. The highest BCUT2D eigenvalue weighted by molar-refractivity contribution is 7.89. The Morgan fingerprint density at radius 1 is 0.950 bits per heavy atom. The van der Waals surface area contributed by atoms with Gasteiger partial charge in [0.1, 0.15) is 0 Å². The van der Waals surface area contributed by atoms with Crippen molar-refractivity contribution in [3.8, 4) is 0 Å². The van der Waals surface area contributed by atoms with Gasteiger partial charge in [-0.1, -0.05) is 0 Å². The predicted molar refractivity (Wildman–Crippen MR) is 81.6 cm³/mol. The largest absolute Gasteiger partial charge is 0.393 e. The first-order valence-corrected chi connectivity index (χ1v) is 8.32. The average molecular weight is 299 g/mol. The second-order valence-corrected chi connectivity index (χ2v) is 7.19. The molecule has 0 aliphatic rings. The lowest BCUT2D eigenvalue weighted by molar-refractivity contribution is 0.186. The molecule has 0 spiro atoms. The van der Waals surface area contributed by atoms with Crippen molar-refractivity contribution < 1.29 is 13.5 Å². The van der Waals surface area contributed by atoms with Gasteiger partial charge in [-0.05, 0) is 75.8 Å². The Labute approximate surface area is 122 Å². The summed E-state index contributed by atoms with van der Waals surface area (Å²) in [4.78, 5) is 0.378. The van der Waals surface area contributed by atoms with Crippen LogP contribution in [0, 0.1) is 34.6 Å². The molecule has 5 heteroatoms. The Kier molecular flexibility index (Phi) is 5.35. The number of aliphatic hydroxyl groups is 1. The third-order valence-electron chi connectivity index (χ3n) is 4.05. The van der Waals surface area contributed by atoms with E-state index in [1.807, 2.05) is 34.6 Å². The van der Waals surface area contributed by atoms with Crippen molar-refractivity contribution in [2.24, 2.45) is 0 Å². The summed E-state index contributed by atoms with van der Waals surface area (Å²) in [5.41, 5.74) is 4.78. The molecular formula is C15H25NO3S. The van der Waals surface area contributed by atoms with Crippen molar-refractivity contribution in [3.63, 3.8) is 0 Å². The van der Waals surface area contributed by atoms with Gasteiger partial charge in [0.25, 0.3) is 0 Å². The molecule has 0 fully saturated rings. The van der Waals surface area contributed by atoms with E-state index in [1.165, 1.54) is 0 Å². The van der Waals surface area contributed by atoms with E-state index in [9.17, 15) is 13.5 Å². The molecule has 0 aliphatic heterocycles. The van der Waals surface area contributed by atoms with Crippen molar-refractivity contribution in [1.82, 2.24) is 4.72 Å². The van der Waals surface area contributed by atoms with Gasteiger partial charge < -0.3 is 5.11 Å². The molecule has 0 saturated heterocycles. The smallest absolute Gasteiger partial charge is 0.241 e. The van der Waals surface area contributed by atoms with E-state index in [2.05, 4.69) is 4.72 Å². The van der Waals surface area contributed by atoms with E-state index >= 15 is 0 Å². The van der Waals surface area contributed by atoms with Gasteiger partial charge in [0.2, 0.25) is 10.0 Å². The first-order valence-electron chi connectivity index (χ1n) is 6.84. The molecule has 1 unspecified atom stereocenters. The number of nitrogens with one attached hydrogen (secondary N) is 1. The molecule has 0 aromatic heterocycles. The summed E-state index contributed by atoms with van der Waals surface area (Å²) in [5.74, 6) is 0. The molecule has 114 valence electrons. The summed E-state index contributed by atoms with van der Waals surface area (Å²) in [6, 6.07) is 0. The topological polar surface area (TPSA) is 66.4 Å². The number of aliphatic hydroxyl groups excluding tert-OH is 1. The van der Waals surface area contributed by atoms with Crippen LogP contribution < -0.4 is 4.72 Å². The van der Waals surface area contributed by atoms with Gasteiger partial charge in [0.05, 0.1) is 11.0 Å². The van der Waals surface area contributed by atoms with E-state index in [-0.39, 0.29) is 6.54 Å². The van der Waals surface area contributed by atoms with E-state index in [0.717, 1.165) is 27.8 Å². The van der Waals surface area contributed by atoms with Gasteiger partial charge in [0.15, 0.2) is 0 Å². The highest BCUT2D eigenvalue weighted by Gasteiger charge is 2.23. The molecular weight excluding hydrogens is 274 g/mol. The lowest BCUT2D eigenvalue weighted by Crippen LogP contribution is -2.28. The number of benzene rings is 1.